The van der Waals surface area contributed by atoms with Crippen molar-refractivity contribution >= 4 is 15.8 Å². The Hall–Kier alpha value is -1.88. The summed E-state index contributed by atoms with van der Waals surface area (Å²) >= 11 is 0. The summed E-state index contributed by atoms with van der Waals surface area (Å²) in [4.78, 5) is 5.36. The molecule has 0 bridgehead atoms. The number of benzene rings is 1. The fourth-order valence-corrected chi connectivity index (χ4v) is 3.94. The Labute approximate surface area is 161 Å². The number of sulfone groups is 1. The van der Waals surface area contributed by atoms with Gasteiger partial charge in [-0.1, -0.05) is 6.07 Å². The average Bonchev–Trinajstić information content (AvgIpc) is 2.97. The molecule has 1 atom stereocenters. The van der Waals surface area contributed by atoms with Gasteiger partial charge in [0.1, 0.15) is 5.82 Å². The fourth-order valence-electron chi connectivity index (χ4n) is 3.10. The van der Waals surface area contributed by atoms with Gasteiger partial charge in [-0.2, -0.15) is 13.2 Å². The Bertz CT molecular complexity index is 812. The molecule has 1 heterocycles. The van der Waals surface area contributed by atoms with Crippen LogP contribution in [0.2, 0.25) is 0 Å². The molecule has 1 unspecified atom stereocenters. The predicted octanol–water partition coefficient (Wildman–Crippen LogP) is 1.67. The van der Waals surface area contributed by atoms with Crippen LogP contribution in [-0.2, 0) is 22.1 Å². The van der Waals surface area contributed by atoms with Crippen molar-refractivity contribution in [2.75, 3.05) is 32.9 Å². The van der Waals surface area contributed by atoms with E-state index < -0.39 is 28.4 Å². The molecule has 28 heavy (non-hydrogen) atoms. The lowest BCUT2D eigenvalue weighted by Gasteiger charge is -2.20. The number of likely N-dealkylation sites (tertiary alicyclic amines) is 1. The van der Waals surface area contributed by atoms with Gasteiger partial charge < -0.3 is 10.6 Å². The first kappa shape index (κ1) is 22.4. The van der Waals surface area contributed by atoms with Crippen LogP contribution >= 0.6 is 0 Å². The average molecular weight is 424 g/mol. The van der Waals surface area contributed by atoms with Crippen molar-refractivity contribution in [2.45, 2.75) is 30.9 Å². The van der Waals surface area contributed by atoms with Crippen LogP contribution in [0.15, 0.2) is 23.2 Å². The Morgan fingerprint density at radius 3 is 2.64 bits per heavy atom. The summed E-state index contributed by atoms with van der Waals surface area (Å²) in [6.45, 7) is -0.257. The van der Waals surface area contributed by atoms with E-state index in [9.17, 15) is 26.0 Å². The minimum absolute atomic E-state index is 0.126. The van der Waals surface area contributed by atoms with Crippen molar-refractivity contribution in [1.82, 2.24) is 15.5 Å². The van der Waals surface area contributed by atoms with Gasteiger partial charge in [-0.05, 0) is 29.7 Å². The van der Waals surface area contributed by atoms with E-state index in [1.165, 1.54) is 30.1 Å². The van der Waals surface area contributed by atoms with Crippen LogP contribution in [0.3, 0.4) is 0 Å². The smallest absolute Gasteiger partial charge is 0.352 e. The normalized spacial score (nSPS) is 19.1. The molecule has 0 aliphatic carbocycles. The molecule has 1 aromatic carbocycles. The molecule has 1 fully saturated rings. The van der Waals surface area contributed by atoms with Crippen LogP contribution in [0.25, 0.3) is 0 Å². The third-order valence-corrected chi connectivity index (χ3v) is 5.11. The number of aliphatic imine (C=N–C) groups is 1. The summed E-state index contributed by atoms with van der Waals surface area (Å²) in [5, 5.41) is 6.02. The molecule has 1 aliphatic rings. The van der Waals surface area contributed by atoms with Gasteiger partial charge in [0.25, 0.3) is 0 Å². The first-order chi connectivity index (χ1) is 12.9. The lowest BCUT2D eigenvalue weighted by atomic mass is 10.1. The number of alkyl halides is 3. The van der Waals surface area contributed by atoms with Gasteiger partial charge >= 0.3 is 6.18 Å². The maximum Gasteiger partial charge on any atom is 0.401 e. The predicted molar refractivity (Wildman–Crippen MR) is 99.2 cm³/mol. The maximum absolute atomic E-state index is 13.6. The summed E-state index contributed by atoms with van der Waals surface area (Å²) < 4.78 is 74.2. The molecule has 0 radical (unpaired) electrons. The number of hydrogen-bond acceptors (Lipinski definition) is 4. The van der Waals surface area contributed by atoms with Crippen LogP contribution in [-0.4, -0.2) is 64.4 Å². The molecule has 158 valence electrons. The molecule has 1 aromatic rings. The van der Waals surface area contributed by atoms with Crippen LogP contribution < -0.4 is 10.6 Å². The second-order valence-corrected chi connectivity index (χ2v) is 9.03. The fraction of sp³-hybridized carbons (Fsp3) is 0.588. The highest BCUT2D eigenvalue weighted by atomic mass is 32.2. The molecule has 11 heteroatoms. The van der Waals surface area contributed by atoms with E-state index in [1.807, 2.05) is 0 Å². The third-order valence-electron chi connectivity index (χ3n) is 4.27. The molecule has 1 saturated heterocycles. The zero-order valence-corrected chi connectivity index (χ0v) is 16.5. The van der Waals surface area contributed by atoms with Crippen molar-refractivity contribution in [1.29, 1.82) is 0 Å². The minimum atomic E-state index is -4.23. The van der Waals surface area contributed by atoms with Gasteiger partial charge in [-0.3, -0.25) is 9.89 Å². The molecule has 0 saturated carbocycles. The maximum atomic E-state index is 13.6. The van der Waals surface area contributed by atoms with E-state index in [2.05, 4.69) is 15.6 Å². The topological polar surface area (TPSA) is 73.8 Å². The van der Waals surface area contributed by atoms with Gasteiger partial charge in [0, 0.05) is 39.0 Å². The minimum Gasteiger partial charge on any atom is -0.352 e. The molecule has 2 N–H and O–H groups in total. The second kappa shape index (κ2) is 9.08. The highest BCUT2D eigenvalue weighted by molar-refractivity contribution is 7.89. The second-order valence-electron chi connectivity index (χ2n) is 6.89. The summed E-state index contributed by atoms with van der Waals surface area (Å²) in [7, 11) is -1.78. The highest BCUT2D eigenvalue weighted by Gasteiger charge is 2.34. The van der Waals surface area contributed by atoms with E-state index in [0.717, 1.165) is 6.26 Å². The van der Waals surface area contributed by atoms with E-state index in [4.69, 9.17) is 0 Å². The molecule has 2 rings (SSSR count). The van der Waals surface area contributed by atoms with Gasteiger partial charge in [-0.25, -0.2) is 12.8 Å². The van der Waals surface area contributed by atoms with Gasteiger partial charge in [0.2, 0.25) is 0 Å². The Morgan fingerprint density at radius 2 is 2.04 bits per heavy atom. The zero-order valence-electron chi connectivity index (χ0n) is 15.7. The Morgan fingerprint density at radius 1 is 1.32 bits per heavy atom. The molecular formula is C17H24F4N4O2S. The lowest BCUT2D eigenvalue weighted by molar-refractivity contribution is -0.143. The first-order valence-corrected chi connectivity index (χ1v) is 10.7. The van der Waals surface area contributed by atoms with E-state index in [1.54, 1.807) is 0 Å². The summed E-state index contributed by atoms with van der Waals surface area (Å²) in [6, 6.07) is 3.68. The Balaban J connectivity index is 1.95. The van der Waals surface area contributed by atoms with Crippen LogP contribution in [0.4, 0.5) is 17.6 Å². The summed E-state index contributed by atoms with van der Waals surface area (Å²) in [5.41, 5.74) is 0.947. The zero-order chi connectivity index (χ0) is 20.9. The molecule has 0 aromatic heterocycles. The molecule has 6 nitrogen and oxygen atoms in total. The van der Waals surface area contributed by atoms with Crippen LogP contribution in [0.1, 0.15) is 17.5 Å². The number of nitrogens with zero attached hydrogens (tertiary/aromatic N) is 2. The van der Waals surface area contributed by atoms with E-state index in [0.29, 0.717) is 30.1 Å². The lowest BCUT2D eigenvalue weighted by Crippen LogP contribution is -2.45. The SMILES string of the molecule is CN=C(NCc1cc(F)ccc1CS(C)(=O)=O)NC1CCN(CC(F)(F)F)C1. The van der Waals surface area contributed by atoms with Crippen molar-refractivity contribution in [2.24, 2.45) is 4.99 Å². The summed E-state index contributed by atoms with van der Waals surface area (Å²) in [6.07, 6.45) is -2.60. The standard InChI is InChI=1S/C17H24F4N4O2S/c1-22-16(24-15-5-6-25(9-15)11-17(19,20)21)23-8-13-7-14(18)4-3-12(13)10-28(2,26)27/h3-4,7,15H,5-6,8-11H2,1-2H3,(H2,22,23,24). The number of hydrogen-bond donors (Lipinski definition) is 2. The first-order valence-electron chi connectivity index (χ1n) is 8.66. The Kier molecular flexibility index (Phi) is 7.27. The molecule has 1 aliphatic heterocycles. The van der Waals surface area contributed by atoms with Crippen LogP contribution in [0.5, 0.6) is 0 Å². The van der Waals surface area contributed by atoms with Gasteiger partial charge in [0.05, 0.1) is 12.3 Å². The largest absolute Gasteiger partial charge is 0.401 e. The van der Waals surface area contributed by atoms with Crippen molar-refractivity contribution < 1.29 is 26.0 Å². The molecule has 0 spiro atoms. The van der Waals surface area contributed by atoms with Gasteiger partial charge in [-0.15, -0.1) is 0 Å². The van der Waals surface area contributed by atoms with E-state index >= 15 is 0 Å². The van der Waals surface area contributed by atoms with Crippen molar-refractivity contribution in [3.8, 4) is 0 Å². The quantitative estimate of drug-likeness (QED) is 0.413. The molecular weight excluding hydrogens is 400 g/mol. The van der Waals surface area contributed by atoms with Crippen molar-refractivity contribution in [3.05, 3.63) is 35.1 Å². The number of halogens is 4. The summed E-state index contributed by atoms with van der Waals surface area (Å²) in [5.74, 6) is -0.352. The number of rotatable bonds is 6. The van der Waals surface area contributed by atoms with Crippen molar-refractivity contribution in [3.63, 3.8) is 0 Å². The monoisotopic (exact) mass is 424 g/mol. The number of guanidine groups is 1. The number of nitrogens with one attached hydrogen (secondary N) is 2. The third kappa shape index (κ3) is 7.63. The van der Waals surface area contributed by atoms with Gasteiger partial charge in [0.15, 0.2) is 15.8 Å². The van der Waals surface area contributed by atoms with Crippen LogP contribution in [0, 0.1) is 5.82 Å². The highest BCUT2D eigenvalue weighted by Crippen LogP contribution is 2.20. The van der Waals surface area contributed by atoms with E-state index in [-0.39, 0.29) is 24.9 Å². The molecule has 0 amide bonds.